The molecule has 0 aromatic heterocycles. The number of benzene rings is 1. The number of methoxy groups -OCH3 is 1. The molecule has 2 rings (SSSR count). The SMILES string of the molecule is COc1cc(CN2CCC(O)CC2)ccc1OC(F)F. The van der Waals surface area contributed by atoms with Crippen molar-refractivity contribution in [1.82, 2.24) is 4.90 Å². The summed E-state index contributed by atoms with van der Waals surface area (Å²) < 4.78 is 33.9. The molecule has 112 valence electrons. The minimum Gasteiger partial charge on any atom is -0.493 e. The van der Waals surface area contributed by atoms with E-state index in [2.05, 4.69) is 9.64 Å². The smallest absolute Gasteiger partial charge is 0.387 e. The molecule has 1 N–H and O–H groups in total. The van der Waals surface area contributed by atoms with Gasteiger partial charge in [-0.15, -0.1) is 0 Å². The summed E-state index contributed by atoms with van der Waals surface area (Å²) in [6, 6.07) is 4.97. The maximum Gasteiger partial charge on any atom is 0.387 e. The Morgan fingerprint density at radius 2 is 2.00 bits per heavy atom. The second kappa shape index (κ2) is 6.85. The molecule has 0 amide bonds. The van der Waals surface area contributed by atoms with Crippen LogP contribution in [0.1, 0.15) is 18.4 Å². The molecule has 0 aliphatic carbocycles. The van der Waals surface area contributed by atoms with Gasteiger partial charge in [0.1, 0.15) is 0 Å². The second-order valence-electron chi connectivity index (χ2n) is 4.87. The first-order valence-corrected chi connectivity index (χ1v) is 6.60. The topological polar surface area (TPSA) is 41.9 Å². The predicted molar refractivity (Wildman–Crippen MR) is 70.1 cm³/mol. The first kappa shape index (κ1) is 15.0. The van der Waals surface area contributed by atoms with E-state index in [0.29, 0.717) is 12.3 Å². The highest BCUT2D eigenvalue weighted by Crippen LogP contribution is 2.30. The van der Waals surface area contributed by atoms with Gasteiger partial charge in [-0.25, -0.2) is 0 Å². The summed E-state index contributed by atoms with van der Waals surface area (Å²) in [5.74, 6) is 0.347. The van der Waals surface area contributed by atoms with Gasteiger partial charge in [0.15, 0.2) is 11.5 Å². The lowest BCUT2D eigenvalue weighted by atomic mass is 10.1. The Morgan fingerprint density at radius 1 is 1.30 bits per heavy atom. The number of hydrogen-bond donors (Lipinski definition) is 1. The van der Waals surface area contributed by atoms with Gasteiger partial charge in [0, 0.05) is 19.6 Å². The van der Waals surface area contributed by atoms with Crippen LogP contribution in [-0.4, -0.2) is 42.9 Å². The fourth-order valence-corrected chi connectivity index (χ4v) is 2.34. The van der Waals surface area contributed by atoms with Gasteiger partial charge in [0.05, 0.1) is 13.2 Å². The molecule has 0 saturated carbocycles. The summed E-state index contributed by atoms with van der Waals surface area (Å²) in [5.41, 5.74) is 0.972. The molecule has 1 aromatic rings. The molecule has 1 aromatic carbocycles. The standard InChI is InChI=1S/C14H19F2NO3/c1-19-13-8-10(2-3-12(13)20-14(15)16)9-17-6-4-11(18)5-7-17/h2-3,8,11,14,18H,4-7,9H2,1H3. The van der Waals surface area contributed by atoms with Crippen molar-refractivity contribution in [3.05, 3.63) is 23.8 Å². The summed E-state index contributed by atoms with van der Waals surface area (Å²) in [7, 11) is 1.43. The molecule has 1 aliphatic rings. The number of likely N-dealkylation sites (tertiary alicyclic amines) is 1. The van der Waals surface area contributed by atoms with E-state index >= 15 is 0 Å². The third kappa shape index (κ3) is 4.05. The molecule has 20 heavy (non-hydrogen) atoms. The Hall–Kier alpha value is -1.40. The van der Waals surface area contributed by atoms with Gasteiger partial charge in [-0.05, 0) is 30.5 Å². The van der Waals surface area contributed by atoms with E-state index in [1.807, 2.05) is 0 Å². The van der Waals surface area contributed by atoms with Crippen LogP contribution in [0.2, 0.25) is 0 Å². The normalized spacial score (nSPS) is 17.4. The Labute approximate surface area is 116 Å². The number of piperidine rings is 1. The van der Waals surface area contributed by atoms with Crippen molar-refractivity contribution >= 4 is 0 Å². The van der Waals surface area contributed by atoms with Gasteiger partial charge >= 0.3 is 6.61 Å². The van der Waals surface area contributed by atoms with Crippen molar-refractivity contribution in [3.8, 4) is 11.5 Å². The predicted octanol–water partition coefficient (Wildman–Crippen LogP) is 2.25. The highest BCUT2D eigenvalue weighted by atomic mass is 19.3. The van der Waals surface area contributed by atoms with E-state index in [0.717, 1.165) is 31.5 Å². The molecule has 0 spiro atoms. The van der Waals surface area contributed by atoms with Gasteiger partial charge < -0.3 is 14.6 Å². The molecule has 1 heterocycles. The van der Waals surface area contributed by atoms with E-state index in [4.69, 9.17) is 4.74 Å². The number of rotatable bonds is 5. The number of aliphatic hydroxyl groups is 1. The third-order valence-corrected chi connectivity index (χ3v) is 3.41. The average Bonchev–Trinajstić information content (AvgIpc) is 2.42. The molecule has 0 bridgehead atoms. The highest BCUT2D eigenvalue weighted by Gasteiger charge is 2.18. The Bertz CT molecular complexity index is 434. The van der Waals surface area contributed by atoms with Crippen molar-refractivity contribution in [2.45, 2.75) is 32.1 Å². The quantitative estimate of drug-likeness (QED) is 0.902. The first-order valence-electron chi connectivity index (χ1n) is 6.60. The van der Waals surface area contributed by atoms with E-state index < -0.39 is 6.61 Å². The number of aliphatic hydroxyl groups excluding tert-OH is 1. The Kier molecular flexibility index (Phi) is 5.14. The van der Waals surface area contributed by atoms with Crippen molar-refractivity contribution in [2.75, 3.05) is 20.2 Å². The van der Waals surface area contributed by atoms with Crippen LogP contribution in [0.25, 0.3) is 0 Å². The first-order chi connectivity index (χ1) is 9.58. The zero-order chi connectivity index (χ0) is 14.5. The van der Waals surface area contributed by atoms with Crippen LogP contribution in [0.15, 0.2) is 18.2 Å². The molecule has 6 heteroatoms. The molecule has 0 radical (unpaired) electrons. The highest BCUT2D eigenvalue weighted by molar-refractivity contribution is 5.43. The van der Waals surface area contributed by atoms with Gasteiger partial charge in [0.2, 0.25) is 0 Å². The van der Waals surface area contributed by atoms with Crippen molar-refractivity contribution < 1.29 is 23.4 Å². The molecule has 4 nitrogen and oxygen atoms in total. The Morgan fingerprint density at radius 3 is 2.60 bits per heavy atom. The van der Waals surface area contributed by atoms with Crippen LogP contribution in [0.3, 0.4) is 0 Å². The zero-order valence-corrected chi connectivity index (χ0v) is 11.4. The molecule has 1 fully saturated rings. The molecule has 0 atom stereocenters. The van der Waals surface area contributed by atoms with Crippen molar-refractivity contribution in [2.24, 2.45) is 0 Å². The molecular weight excluding hydrogens is 268 g/mol. The number of ether oxygens (including phenoxy) is 2. The van der Waals surface area contributed by atoms with Gasteiger partial charge in [-0.3, -0.25) is 4.90 Å². The fraction of sp³-hybridized carbons (Fsp3) is 0.571. The van der Waals surface area contributed by atoms with Crippen LogP contribution >= 0.6 is 0 Å². The summed E-state index contributed by atoms with van der Waals surface area (Å²) in [4.78, 5) is 2.22. The summed E-state index contributed by atoms with van der Waals surface area (Å²) in [6.07, 6.45) is 1.33. The number of alkyl halides is 2. The maximum atomic E-state index is 12.2. The van der Waals surface area contributed by atoms with Gasteiger partial charge in [-0.1, -0.05) is 6.07 Å². The fourth-order valence-electron chi connectivity index (χ4n) is 2.34. The molecule has 0 unspecified atom stereocenters. The van der Waals surface area contributed by atoms with Crippen LogP contribution in [0.5, 0.6) is 11.5 Å². The maximum absolute atomic E-state index is 12.2. The monoisotopic (exact) mass is 287 g/mol. The summed E-state index contributed by atoms with van der Waals surface area (Å²) in [6.45, 7) is -0.492. The largest absolute Gasteiger partial charge is 0.493 e. The average molecular weight is 287 g/mol. The lowest BCUT2D eigenvalue weighted by molar-refractivity contribution is -0.0512. The van der Waals surface area contributed by atoms with Crippen LogP contribution in [-0.2, 0) is 6.54 Å². The van der Waals surface area contributed by atoms with Gasteiger partial charge in [0.25, 0.3) is 0 Å². The van der Waals surface area contributed by atoms with E-state index in [1.165, 1.54) is 13.2 Å². The Balaban J connectivity index is 2.02. The van der Waals surface area contributed by atoms with Crippen LogP contribution in [0, 0.1) is 0 Å². The minimum atomic E-state index is -2.86. The van der Waals surface area contributed by atoms with Crippen LogP contribution in [0.4, 0.5) is 8.78 Å². The van der Waals surface area contributed by atoms with E-state index in [1.54, 1.807) is 12.1 Å². The summed E-state index contributed by atoms with van der Waals surface area (Å²) in [5, 5.41) is 9.46. The van der Waals surface area contributed by atoms with Gasteiger partial charge in [-0.2, -0.15) is 8.78 Å². The number of hydrogen-bond acceptors (Lipinski definition) is 4. The van der Waals surface area contributed by atoms with Crippen molar-refractivity contribution in [1.29, 1.82) is 0 Å². The van der Waals surface area contributed by atoms with Crippen LogP contribution < -0.4 is 9.47 Å². The molecule has 1 saturated heterocycles. The lowest BCUT2D eigenvalue weighted by Crippen LogP contribution is -2.35. The lowest BCUT2D eigenvalue weighted by Gasteiger charge is -2.29. The second-order valence-corrected chi connectivity index (χ2v) is 4.87. The molecular formula is C14H19F2NO3. The number of halogens is 2. The molecule has 1 aliphatic heterocycles. The number of nitrogens with zero attached hydrogens (tertiary/aromatic N) is 1. The van der Waals surface area contributed by atoms with Crippen molar-refractivity contribution in [3.63, 3.8) is 0 Å². The summed E-state index contributed by atoms with van der Waals surface area (Å²) >= 11 is 0. The van der Waals surface area contributed by atoms with E-state index in [9.17, 15) is 13.9 Å². The third-order valence-electron chi connectivity index (χ3n) is 3.41. The minimum absolute atomic E-state index is 0.0420. The van der Waals surface area contributed by atoms with E-state index in [-0.39, 0.29) is 11.9 Å². The zero-order valence-electron chi connectivity index (χ0n) is 11.4.